The van der Waals surface area contributed by atoms with Crippen LogP contribution in [-0.2, 0) is 5.41 Å². The summed E-state index contributed by atoms with van der Waals surface area (Å²) in [4.78, 5) is 0. The summed E-state index contributed by atoms with van der Waals surface area (Å²) in [7, 11) is 0. The fourth-order valence-electron chi connectivity index (χ4n) is 2.08. The molecular weight excluding hydrogens is 244 g/mol. The van der Waals surface area contributed by atoms with Gasteiger partial charge in [-0.1, -0.05) is 58.9 Å². The SMILES string of the molecule is CC(C)c1ccc(Oc2ccc(C(C)(C)C)cc2)cc1. The molecular formula is C19H24O. The fraction of sp³-hybridized carbons (Fsp3) is 0.368. The second-order valence-corrected chi connectivity index (χ2v) is 6.60. The highest BCUT2D eigenvalue weighted by Gasteiger charge is 2.13. The normalized spacial score (nSPS) is 11.7. The summed E-state index contributed by atoms with van der Waals surface area (Å²) in [5.74, 6) is 2.32. The van der Waals surface area contributed by atoms with E-state index in [9.17, 15) is 0 Å². The van der Waals surface area contributed by atoms with E-state index >= 15 is 0 Å². The van der Waals surface area contributed by atoms with Crippen molar-refractivity contribution in [3.63, 3.8) is 0 Å². The zero-order valence-electron chi connectivity index (χ0n) is 13.1. The molecule has 0 aliphatic rings. The zero-order valence-corrected chi connectivity index (χ0v) is 13.1. The lowest BCUT2D eigenvalue weighted by Gasteiger charge is -2.19. The Balaban J connectivity index is 2.10. The second-order valence-electron chi connectivity index (χ2n) is 6.60. The van der Waals surface area contributed by atoms with E-state index in [4.69, 9.17) is 4.74 Å². The van der Waals surface area contributed by atoms with Gasteiger partial charge in [-0.25, -0.2) is 0 Å². The predicted octanol–water partition coefficient (Wildman–Crippen LogP) is 5.90. The molecule has 0 saturated carbocycles. The zero-order chi connectivity index (χ0) is 14.8. The van der Waals surface area contributed by atoms with E-state index in [0.29, 0.717) is 5.92 Å². The molecule has 1 nitrogen and oxygen atoms in total. The molecule has 0 aliphatic carbocycles. The summed E-state index contributed by atoms with van der Waals surface area (Å²) in [6.07, 6.45) is 0. The molecule has 0 heterocycles. The van der Waals surface area contributed by atoms with Crippen molar-refractivity contribution in [3.05, 3.63) is 59.7 Å². The molecule has 0 spiro atoms. The van der Waals surface area contributed by atoms with Crippen LogP contribution in [0.1, 0.15) is 51.7 Å². The summed E-state index contributed by atoms with van der Waals surface area (Å²) < 4.78 is 5.88. The van der Waals surface area contributed by atoms with Crippen LogP contribution < -0.4 is 4.74 Å². The minimum atomic E-state index is 0.178. The van der Waals surface area contributed by atoms with Gasteiger partial charge < -0.3 is 4.74 Å². The molecule has 0 aliphatic heterocycles. The second kappa shape index (κ2) is 5.70. The Bertz CT molecular complexity index is 542. The van der Waals surface area contributed by atoms with Gasteiger partial charge in [0.25, 0.3) is 0 Å². The van der Waals surface area contributed by atoms with Crippen LogP contribution in [0.3, 0.4) is 0 Å². The maximum absolute atomic E-state index is 5.88. The Kier molecular flexibility index (Phi) is 4.17. The lowest BCUT2D eigenvalue weighted by Crippen LogP contribution is -2.10. The van der Waals surface area contributed by atoms with Gasteiger partial charge in [0.15, 0.2) is 0 Å². The highest BCUT2D eigenvalue weighted by atomic mass is 16.5. The Labute approximate surface area is 122 Å². The van der Waals surface area contributed by atoms with Crippen molar-refractivity contribution >= 4 is 0 Å². The van der Waals surface area contributed by atoms with E-state index in [2.05, 4.69) is 58.9 Å². The molecule has 0 unspecified atom stereocenters. The van der Waals surface area contributed by atoms with E-state index in [1.54, 1.807) is 0 Å². The molecule has 0 saturated heterocycles. The van der Waals surface area contributed by atoms with Crippen molar-refractivity contribution in [2.75, 3.05) is 0 Å². The third kappa shape index (κ3) is 3.63. The van der Waals surface area contributed by atoms with Crippen LogP contribution in [-0.4, -0.2) is 0 Å². The van der Waals surface area contributed by atoms with Crippen LogP contribution in [0.2, 0.25) is 0 Å². The van der Waals surface area contributed by atoms with Crippen molar-refractivity contribution in [1.82, 2.24) is 0 Å². The number of benzene rings is 2. The highest BCUT2D eigenvalue weighted by molar-refractivity contribution is 5.36. The van der Waals surface area contributed by atoms with E-state index in [1.165, 1.54) is 11.1 Å². The van der Waals surface area contributed by atoms with Crippen LogP contribution in [0, 0.1) is 0 Å². The summed E-state index contributed by atoms with van der Waals surface area (Å²) in [6.45, 7) is 11.0. The minimum absolute atomic E-state index is 0.178. The Morgan fingerprint density at radius 2 is 1.20 bits per heavy atom. The molecule has 20 heavy (non-hydrogen) atoms. The van der Waals surface area contributed by atoms with Crippen LogP contribution >= 0.6 is 0 Å². The van der Waals surface area contributed by atoms with E-state index in [-0.39, 0.29) is 5.41 Å². The van der Waals surface area contributed by atoms with Gasteiger partial charge in [-0.3, -0.25) is 0 Å². The van der Waals surface area contributed by atoms with Gasteiger partial charge in [-0.05, 0) is 46.7 Å². The molecule has 2 rings (SSSR count). The lowest BCUT2D eigenvalue weighted by molar-refractivity contribution is 0.481. The number of hydrogen-bond acceptors (Lipinski definition) is 1. The van der Waals surface area contributed by atoms with Gasteiger partial charge >= 0.3 is 0 Å². The molecule has 0 radical (unpaired) electrons. The number of ether oxygens (including phenoxy) is 1. The van der Waals surface area contributed by atoms with Crippen molar-refractivity contribution in [2.24, 2.45) is 0 Å². The number of rotatable bonds is 3. The average molecular weight is 268 g/mol. The van der Waals surface area contributed by atoms with Crippen molar-refractivity contribution in [1.29, 1.82) is 0 Å². The van der Waals surface area contributed by atoms with E-state index in [1.807, 2.05) is 24.3 Å². The quantitative estimate of drug-likeness (QED) is 0.673. The van der Waals surface area contributed by atoms with E-state index in [0.717, 1.165) is 11.5 Å². The first-order valence-corrected chi connectivity index (χ1v) is 7.24. The third-order valence-electron chi connectivity index (χ3n) is 3.50. The minimum Gasteiger partial charge on any atom is -0.457 e. The van der Waals surface area contributed by atoms with Crippen LogP contribution in [0.15, 0.2) is 48.5 Å². The van der Waals surface area contributed by atoms with Gasteiger partial charge in [-0.2, -0.15) is 0 Å². The Hall–Kier alpha value is -1.76. The van der Waals surface area contributed by atoms with Gasteiger partial charge in [0, 0.05) is 0 Å². The first-order chi connectivity index (χ1) is 9.36. The van der Waals surface area contributed by atoms with Gasteiger partial charge in [0.1, 0.15) is 11.5 Å². The maximum atomic E-state index is 5.88. The van der Waals surface area contributed by atoms with Crippen LogP contribution in [0.25, 0.3) is 0 Å². The fourth-order valence-corrected chi connectivity index (χ4v) is 2.08. The smallest absolute Gasteiger partial charge is 0.127 e. The summed E-state index contributed by atoms with van der Waals surface area (Å²) in [6, 6.07) is 16.7. The molecule has 0 atom stereocenters. The maximum Gasteiger partial charge on any atom is 0.127 e. The first kappa shape index (κ1) is 14.6. The van der Waals surface area contributed by atoms with Gasteiger partial charge in [-0.15, -0.1) is 0 Å². The standard InChI is InChI=1S/C19H24O/c1-14(2)15-6-10-17(11-7-15)20-18-12-8-16(9-13-18)19(3,4)5/h6-14H,1-5H3. The molecule has 0 bridgehead atoms. The Morgan fingerprint density at radius 3 is 1.60 bits per heavy atom. The first-order valence-electron chi connectivity index (χ1n) is 7.24. The largest absolute Gasteiger partial charge is 0.457 e. The third-order valence-corrected chi connectivity index (χ3v) is 3.50. The van der Waals surface area contributed by atoms with Gasteiger partial charge in [0.05, 0.1) is 0 Å². The Morgan fingerprint density at radius 1 is 0.750 bits per heavy atom. The highest BCUT2D eigenvalue weighted by Crippen LogP contribution is 2.27. The van der Waals surface area contributed by atoms with Crippen molar-refractivity contribution in [3.8, 4) is 11.5 Å². The van der Waals surface area contributed by atoms with Gasteiger partial charge in [0.2, 0.25) is 0 Å². The predicted molar refractivity (Wildman–Crippen MR) is 85.7 cm³/mol. The van der Waals surface area contributed by atoms with Crippen molar-refractivity contribution in [2.45, 2.75) is 46.0 Å². The topological polar surface area (TPSA) is 9.23 Å². The van der Waals surface area contributed by atoms with Crippen LogP contribution in [0.4, 0.5) is 0 Å². The van der Waals surface area contributed by atoms with Crippen molar-refractivity contribution < 1.29 is 4.74 Å². The molecule has 2 aromatic carbocycles. The summed E-state index contributed by atoms with van der Waals surface area (Å²) in [5, 5.41) is 0. The molecule has 2 aromatic rings. The molecule has 0 fully saturated rings. The summed E-state index contributed by atoms with van der Waals surface area (Å²) >= 11 is 0. The monoisotopic (exact) mass is 268 g/mol. The molecule has 0 N–H and O–H groups in total. The van der Waals surface area contributed by atoms with E-state index < -0.39 is 0 Å². The molecule has 1 heteroatoms. The molecule has 0 amide bonds. The molecule has 0 aromatic heterocycles. The number of hydrogen-bond donors (Lipinski definition) is 0. The average Bonchev–Trinajstić information content (AvgIpc) is 2.39. The molecule has 106 valence electrons. The van der Waals surface area contributed by atoms with Crippen LogP contribution in [0.5, 0.6) is 11.5 Å². The summed E-state index contributed by atoms with van der Waals surface area (Å²) in [5.41, 5.74) is 2.83. The lowest BCUT2D eigenvalue weighted by atomic mass is 9.87.